The number of amides is 2. The zero-order valence-electron chi connectivity index (χ0n) is 18.5. The summed E-state index contributed by atoms with van der Waals surface area (Å²) in [5, 5.41) is 2.66. The first kappa shape index (κ1) is 22.2. The topological polar surface area (TPSA) is 61.9 Å². The molecule has 6 nitrogen and oxygen atoms in total. The Kier molecular flexibility index (Phi) is 6.24. The van der Waals surface area contributed by atoms with Crippen molar-refractivity contribution in [2.75, 3.05) is 23.9 Å². The molecule has 3 aromatic rings. The summed E-state index contributed by atoms with van der Waals surface area (Å²) < 4.78 is 5.81. The third-order valence-electron chi connectivity index (χ3n) is 5.25. The minimum absolute atomic E-state index is 0.0221. The van der Waals surface area contributed by atoms with Crippen LogP contribution < -0.4 is 19.9 Å². The van der Waals surface area contributed by atoms with Crippen LogP contribution in [0.1, 0.15) is 11.1 Å². The minimum Gasteiger partial charge on any atom is -0.457 e. The van der Waals surface area contributed by atoms with Gasteiger partial charge in [-0.2, -0.15) is 0 Å². The molecular weight excluding hydrogens is 434 g/mol. The molecule has 0 radical (unpaired) electrons. The first-order chi connectivity index (χ1) is 15.8. The highest BCUT2D eigenvalue weighted by molar-refractivity contribution is 7.80. The predicted molar refractivity (Wildman–Crippen MR) is 135 cm³/mol. The fourth-order valence-electron chi connectivity index (χ4n) is 3.44. The number of anilines is 2. The van der Waals surface area contributed by atoms with E-state index in [4.69, 9.17) is 17.0 Å². The molecule has 1 saturated heterocycles. The molecular formula is C26H23N3O3S. The molecule has 1 heterocycles. The van der Waals surface area contributed by atoms with E-state index in [1.54, 1.807) is 30.3 Å². The lowest BCUT2D eigenvalue weighted by molar-refractivity contribution is -0.122. The van der Waals surface area contributed by atoms with Crippen LogP contribution in [0.2, 0.25) is 0 Å². The van der Waals surface area contributed by atoms with Gasteiger partial charge in [-0.15, -0.1) is 0 Å². The Morgan fingerprint density at radius 2 is 1.61 bits per heavy atom. The van der Waals surface area contributed by atoms with Gasteiger partial charge in [0.1, 0.15) is 17.1 Å². The Morgan fingerprint density at radius 1 is 0.939 bits per heavy atom. The van der Waals surface area contributed by atoms with E-state index >= 15 is 0 Å². The maximum absolute atomic E-state index is 13.3. The molecule has 3 aromatic carbocycles. The van der Waals surface area contributed by atoms with Crippen LogP contribution in [0.4, 0.5) is 11.4 Å². The molecule has 0 atom stereocenters. The lowest BCUT2D eigenvalue weighted by atomic mass is 10.0. The molecule has 0 spiro atoms. The van der Waals surface area contributed by atoms with Gasteiger partial charge in [0.25, 0.3) is 11.8 Å². The Labute approximate surface area is 198 Å². The van der Waals surface area contributed by atoms with Gasteiger partial charge in [-0.3, -0.25) is 19.8 Å². The van der Waals surface area contributed by atoms with Crippen LogP contribution in [0.5, 0.6) is 11.5 Å². The smallest absolute Gasteiger partial charge is 0.270 e. The second kappa shape index (κ2) is 9.26. The molecule has 2 amide bonds. The van der Waals surface area contributed by atoms with E-state index in [0.29, 0.717) is 17.2 Å². The average Bonchev–Trinajstić information content (AvgIpc) is 2.79. The molecule has 1 fully saturated rings. The van der Waals surface area contributed by atoms with Crippen LogP contribution in [0.25, 0.3) is 6.08 Å². The number of thiocarbonyl (C=S) groups is 1. The maximum atomic E-state index is 13.3. The van der Waals surface area contributed by atoms with Crippen molar-refractivity contribution in [2.24, 2.45) is 0 Å². The highest BCUT2D eigenvalue weighted by atomic mass is 32.1. The van der Waals surface area contributed by atoms with Crippen molar-refractivity contribution >= 4 is 46.6 Å². The summed E-state index contributed by atoms with van der Waals surface area (Å²) in [6, 6.07) is 22.2. The van der Waals surface area contributed by atoms with Crippen molar-refractivity contribution in [3.8, 4) is 11.5 Å². The van der Waals surface area contributed by atoms with Crippen LogP contribution >= 0.6 is 12.2 Å². The van der Waals surface area contributed by atoms with Gasteiger partial charge >= 0.3 is 0 Å². The maximum Gasteiger partial charge on any atom is 0.270 e. The second-order valence-corrected chi connectivity index (χ2v) is 8.19. The van der Waals surface area contributed by atoms with Gasteiger partial charge in [-0.25, -0.2) is 0 Å². The second-order valence-electron chi connectivity index (χ2n) is 7.80. The number of para-hydroxylation sites is 1. The van der Waals surface area contributed by atoms with E-state index in [1.165, 1.54) is 4.90 Å². The highest BCUT2D eigenvalue weighted by Gasteiger charge is 2.34. The van der Waals surface area contributed by atoms with Crippen LogP contribution in [0.3, 0.4) is 0 Å². The Balaban J connectivity index is 1.61. The van der Waals surface area contributed by atoms with E-state index in [-0.39, 0.29) is 10.7 Å². The molecule has 4 rings (SSSR count). The number of aryl methyl sites for hydroxylation is 1. The van der Waals surface area contributed by atoms with Crippen molar-refractivity contribution in [3.63, 3.8) is 0 Å². The first-order valence-corrected chi connectivity index (χ1v) is 10.8. The fourth-order valence-corrected chi connectivity index (χ4v) is 3.72. The number of rotatable bonds is 5. The number of carbonyl (C=O) groups excluding carboxylic acids is 2. The van der Waals surface area contributed by atoms with Gasteiger partial charge < -0.3 is 9.64 Å². The van der Waals surface area contributed by atoms with E-state index in [1.807, 2.05) is 74.4 Å². The molecule has 0 aliphatic carbocycles. The number of benzene rings is 3. The summed E-state index contributed by atoms with van der Waals surface area (Å²) in [5.41, 5.74) is 3.34. The molecule has 7 heteroatoms. The van der Waals surface area contributed by atoms with Gasteiger partial charge in [0, 0.05) is 19.8 Å². The molecule has 0 bridgehead atoms. The highest BCUT2D eigenvalue weighted by Crippen LogP contribution is 2.27. The van der Waals surface area contributed by atoms with E-state index in [0.717, 1.165) is 16.8 Å². The first-order valence-electron chi connectivity index (χ1n) is 10.4. The normalized spacial score (nSPS) is 14.9. The van der Waals surface area contributed by atoms with Crippen LogP contribution in [0.15, 0.2) is 78.4 Å². The summed E-state index contributed by atoms with van der Waals surface area (Å²) in [6.07, 6.45) is 1.61. The predicted octanol–water partition coefficient (Wildman–Crippen LogP) is 4.68. The molecule has 0 saturated carbocycles. The van der Waals surface area contributed by atoms with Crippen LogP contribution in [0, 0.1) is 6.92 Å². The summed E-state index contributed by atoms with van der Waals surface area (Å²) in [4.78, 5) is 29.2. The lowest BCUT2D eigenvalue weighted by Gasteiger charge is -2.29. The van der Waals surface area contributed by atoms with Gasteiger partial charge in [-0.05, 0) is 84.9 Å². The number of carbonyl (C=O) groups is 2. The number of nitrogens with one attached hydrogen (secondary N) is 1. The molecule has 33 heavy (non-hydrogen) atoms. The SMILES string of the molecule is Cc1cc(N(C)C)ccc1C=C1C(=O)NC(=S)N(c2ccc(Oc3ccccc3)cc2)C1=O. The van der Waals surface area contributed by atoms with E-state index in [9.17, 15) is 9.59 Å². The Hall–Kier alpha value is -3.97. The summed E-state index contributed by atoms with van der Waals surface area (Å²) >= 11 is 5.30. The summed E-state index contributed by atoms with van der Waals surface area (Å²) in [5.74, 6) is 0.345. The minimum atomic E-state index is -0.513. The summed E-state index contributed by atoms with van der Waals surface area (Å²) in [7, 11) is 3.92. The lowest BCUT2D eigenvalue weighted by Crippen LogP contribution is -2.54. The van der Waals surface area contributed by atoms with E-state index in [2.05, 4.69) is 5.32 Å². The van der Waals surface area contributed by atoms with Crippen LogP contribution in [-0.4, -0.2) is 31.0 Å². The molecule has 166 valence electrons. The number of nitrogens with zero attached hydrogens (tertiary/aromatic N) is 2. The zero-order valence-corrected chi connectivity index (χ0v) is 19.3. The number of ether oxygens (including phenoxy) is 1. The van der Waals surface area contributed by atoms with Gasteiger partial charge in [0.05, 0.1) is 5.69 Å². The van der Waals surface area contributed by atoms with Gasteiger partial charge in [-0.1, -0.05) is 24.3 Å². The standard InChI is InChI=1S/C26H23N3O3S/c1-17-15-20(28(2)3)10-9-18(17)16-23-24(30)27-26(33)29(25(23)31)19-11-13-22(14-12-19)32-21-7-5-4-6-8-21/h4-16H,1-3H3,(H,27,30,33). The summed E-state index contributed by atoms with van der Waals surface area (Å²) in [6.45, 7) is 1.94. The zero-order chi connectivity index (χ0) is 23.5. The number of hydrogen-bond donors (Lipinski definition) is 1. The van der Waals surface area contributed by atoms with Gasteiger partial charge in [0.15, 0.2) is 5.11 Å². The molecule has 0 aromatic heterocycles. The van der Waals surface area contributed by atoms with Crippen molar-refractivity contribution in [1.82, 2.24) is 5.32 Å². The molecule has 1 aliphatic rings. The van der Waals surface area contributed by atoms with Crippen molar-refractivity contribution in [3.05, 3.63) is 89.5 Å². The number of hydrogen-bond acceptors (Lipinski definition) is 5. The van der Waals surface area contributed by atoms with Crippen molar-refractivity contribution in [1.29, 1.82) is 0 Å². The monoisotopic (exact) mass is 457 g/mol. The van der Waals surface area contributed by atoms with Gasteiger partial charge in [0.2, 0.25) is 0 Å². The Bertz CT molecular complexity index is 1250. The fraction of sp³-hybridized carbons (Fsp3) is 0.115. The Morgan fingerprint density at radius 3 is 2.24 bits per heavy atom. The molecule has 1 aliphatic heterocycles. The van der Waals surface area contributed by atoms with Crippen molar-refractivity contribution in [2.45, 2.75) is 6.92 Å². The van der Waals surface area contributed by atoms with E-state index < -0.39 is 11.8 Å². The van der Waals surface area contributed by atoms with Crippen LogP contribution in [-0.2, 0) is 9.59 Å². The quantitative estimate of drug-likeness (QED) is 0.342. The third kappa shape index (κ3) is 4.78. The molecule has 1 N–H and O–H groups in total. The third-order valence-corrected chi connectivity index (χ3v) is 5.53. The largest absolute Gasteiger partial charge is 0.457 e. The molecule has 0 unspecified atom stereocenters. The van der Waals surface area contributed by atoms with Crippen molar-refractivity contribution < 1.29 is 14.3 Å². The average molecular weight is 458 g/mol.